The lowest BCUT2D eigenvalue weighted by Gasteiger charge is -2.25. The molecule has 0 saturated heterocycles. The number of methoxy groups -OCH3 is 1. The fourth-order valence-electron chi connectivity index (χ4n) is 3.34. The van der Waals surface area contributed by atoms with Crippen molar-refractivity contribution >= 4 is 22.6 Å². The quantitative estimate of drug-likeness (QED) is 0.608. The van der Waals surface area contributed by atoms with Crippen LogP contribution in [0.1, 0.15) is 16.7 Å². The van der Waals surface area contributed by atoms with Crippen molar-refractivity contribution in [3.05, 3.63) is 69.5 Å². The molecule has 7 heteroatoms. The highest BCUT2D eigenvalue weighted by molar-refractivity contribution is 5.89. The first-order valence-corrected chi connectivity index (χ1v) is 10.3. The molecule has 0 aliphatic rings. The van der Waals surface area contributed by atoms with Crippen LogP contribution in [0.2, 0.25) is 0 Å². The molecule has 0 saturated carbocycles. The second-order valence-corrected chi connectivity index (χ2v) is 7.98. The lowest BCUT2D eigenvalue weighted by molar-refractivity contribution is 0.202. The summed E-state index contributed by atoms with van der Waals surface area (Å²) in [6.45, 7) is 5.40. The molecule has 31 heavy (non-hydrogen) atoms. The van der Waals surface area contributed by atoms with E-state index in [-0.39, 0.29) is 18.1 Å². The van der Waals surface area contributed by atoms with Gasteiger partial charge in [-0.05, 0) is 74.8 Å². The summed E-state index contributed by atoms with van der Waals surface area (Å²) in [5.74, 6) is 0.718. The lowest BCUT2D eigenvalue weighted by Crippen LogP contribution is -2.40. The standard InChI is InChI=1S/C24H30N4O3/c1-16-6-7-18-14-19(23(29)26-22(18)17(16)2)15-28(13-12-27(3)4)24(30)25-20-8-10-21(31-5)11-9-20/h6-11,14H,12-13,15H2,1-5H3,(H,25,30)(H,26,29). The molecule has 3 aromatic rings. The first kappa shape index (κ1) is 22.4. The number of fused-ring (bicyclic) bond motifs is 1. The Labute approximate surface area is 182 Å². The third kappa shape index (κ3) is 5.44. The number of urea groups is 1. The second-order valence-electron chi connectivity index (χ2n) is 7.98. The van der Waals surface area contributed by atoms with Crippen molar-refractivity contribution in [3.63, 3.8) is 0 Å². The number of carbonyl (C=O) groups excluding carboxylic acids is 1. The van der Waals surface area contributed by atoms with E-state index in [1.807, 2.05) is 51.0 Å². The molecule has 164 valence electrons. The summed E-state index contributed by atoms with van der Waals surface area (Å²) in [6, 6.07) is 12.8. The summed E-state index contributed by atoms with van der Waals surface area (Å²) in [5.41, 5.74) is 4.08. The molecule has 0 radical (unpaired) electrons. The van der Waals surface area contributed by atoms with Gasteiger partial charge in [-0.3, -0.25) is 4.79 Å². The van der Waals surface area contributed by atoms with Crippen LogP contribution in [-0.2, 0) is 6.54 Å². The van der Waals surface area contributed by atoms with Crippen LogP contribution in [0.5, 0.6) is 5.75 Å². The molecule has 0 fully saturated rings. The Kier molecular flexibility index (Phi) is 6.97. The molecule has 3 rings (SSSR count). The van der Waals surface area contributed by atoms with Gasteiger partial charge in [0.15, 0.2) is 0 Å². The van der Waals surface area contributed by atoms with E-state index in [2.05, 4.69) is 10.3 Å². The van der Waals surface area contributed by atoms with Crippen LogP contribution >= 0.6 is 0 Å². The smallest absolute Gasteiger partial charge is 0.322 e. The summed E-state index contributed by atoms with van der Waals surface area (Å²) in [6.07, 6.45) is 0. The number of amides is 2. The Morgan fingerprint density at radius 2 is 1.77 bits per heavy atom. The van der Waals surface area contributed by atoms with Crippen molar-refractivity contribution in [1.29, 1.82) is 0 Å². The number of aromatic nitrogens is 1. The SMILES string of the molecule is COc1ccc(NC(=O)N(CCN(C)C)Cc2cc3ccc(C)c(C)c3[nH]c2=O)cc1. The second kappa shape index (κ2) is 9.66. The number of likely N-dealkylation sites (N-methyl/N-ethyl adjacent to an activating group) is 1. The number of hydrogen-bond donors (Lipinski definition) is 2. The number of nitrogens with zero attached hydrogens (tertiary/aromatic N) is 2. The highest BCUT2D eigenvalue weighted by Gasteiger charge is 2.17. The topological polar surface area (TPSA) is 77.7 Å². The van der Waals surface area contributed by atoms with Gasteiger partial charge in [0.05, 0.1) is 19.2 Å². The van der Waals surface area contributed by atoms with Gasteiger partial charge in [-0.1, -0.05) is 12.1 Å². The Balaban J connectivity index is 1.86. The molecular formula is C24H30N4O3. The monoisotopic (exact) mass is 422 g/mol. The number of rotatable bonds is 7. The fraction of sp³-hybridized carbons (Fsp3) is 0.333. The van der Waals surface area contributed by atoms with Gasteiger partial charge in [0.2, 0.25) is 0 Å². The molecule has 2 N–H and O–H groups in total. The number of benzene rings is 2. The average Bonchev–Trinajstić information content (AvgIpc) is 2.75. The number of H-pyrrole nitrogens is 1. The van der Waals surface area contributed by atoms with Crippen LogP contribution in [0, 0.1) is 13.8 Å². The van der Waals surface area contributed by atoms with Crippen molar-refractivity contribution in [2.24, 2.45) is 0 Å². The van der Waals surface area contributed by atoms with Crippen molar-refractivity contribution in [2.45, 2.75) is 20.4 Å². The van der Waals surface area contributed by atoms with Gasteiger partial charge in [-0.25, -0.2) is 4.79 Å². The minimum absolute atomic E-state index is 0.173. The average molecular weight is 423 g/mol. The van der Waals surface area contributed by atoms with E-state index in [1.165, 1.54) is 0 Å². The van der Waals surface area contributed by atoms with Crippen molar-refractivity contribution in [1.82, 2.24) is 14.8 Å². The molecule has 0 aliphatic carbocycles. The van der Waals surface area contributed by atoms with Gasteiger partial charge in [-0.2, -0.15) is 0 Å². The summed E-state index contributed by atoms with van der Waals surface area (Å²) in [5, 5.41) is 3.87. The van der Waals surface area contributed by atoms with Gasteiger partial charge in [-0.15, -0.1) is 0 Å². The normalized spacial score (nSPS) is 11.0. The number of nitrogens with one attached hydrogen (secondary N) is 2. The number of pyridine rings is 1. The van der Waals surface area contributed by atoms with Crippen LogP contribution in [0.4, 0.5) is 10.5 Å². The van der Waals surface area contributed by atoms with Crippen LogP contribution in [0.15, 0.2) is 47.3 Å². The highest BCUT2D eigenvalue weighted by atomic mass is 16.5. The third-order valence-corrected chi connectivity index (χ3v) is 5.43. The molecule has 0 unspecified atom stereocenters. The van der Waals surface area contributed by atoms with E-state index in [0.29, 0.717) is 24.3 Å². The first-order chi connectivity index (χ1) is 14.8. The van der Waals surface area contributed by atoms with E-state index < -0.39 is 0 Å². The predicted octanol–water partition coefficient (Wildman–Crippen LogP) is 3.75. The molecule has 7 nitrogen and oxygen atoms in total. The molecule has 1 heterocycles. The van der Waals surface area contributed by atoms with Gasteiger partial charge in [0.1, 0.15) is 5.75 Å². The highest BCUT2D eigenvalue weighted by Crippen LogP contribution is 2.20. The zero-order valence-corrected chi connectivity index (χ0v) is 18.8. The number of anilines is 1. The van der Waals surface area contributed by atoms with E-state index in [0.717, 1.165) is 27.8 Å². The van der Waals surface area contributed by atoms with Crippen LogP contribution in [-0.4, -0.2) is 55.1 Å². The maximum Gasteiger partial charge on any atom is 0.322 e. The zero-order chi connectivity index (χ0) is 22.5. The Morgan fingerprint density at radius 1 is 1.06 bits per heavy atom. The van der Waals surface area contributed by atoms with Gasteiger partial charge in [0.25, 0.3) is 5.56 Å². The van der Waals surface area contributed by atoms with Gasteiger partial charge < -0.3 is 24.8 Å². The van der Waals surface area contributed by atoms with E-state index in [9.17, 15) is 9.59 Å². The van der Waals surface area contributed by atoms with E-state index >= 15 is 0 Å². The van der Waals surface area contributed by atoms with Crippen LogP contribution in [0.25, 0.3) is 10.9 Å². The summed E-state index contributed by atoms with van der Waals surface area (Å²) < 4.78 is 5.16. The summed E-state index contributed by atoms with van der Waals surface area (Å²) in [4.78, 5) is 32.5. The molecule has 0 atom stereocenters. The number of aromatic amines is 1. The minimum atomic E-state index is -0.258. The largest absolute Gasteiger partial charge is 0.497 e. The third-order valence-electron chi connectivity index (χ3n) is 5.43. The first-order valence-electron chi connectivity index (χ1n) is 10.3. The number of aryl methyl sites for hydroxylation is 2. The molecule has 0 bridgehead atoms. The van der Waals surface area contributed by atoms with Crippen LogP contribution in [0.3, 0.4) is 0 Å². The molecular weight excluding hydrogens is 392 g/mol. The number of ether oxygens (including phenoxy) is 1. The predicted molar refractivity (Wildman–Crippen MR) is 125 cm³/mol. The number of carbonyl (C=O) groups is 1. The molecule has 2 aromatic carbocycles. The van der Waals surface area contributed by atoms with Crippen LogP contribution < -0.4 is 15.6 Å². The molecule has 0 spiro atoms. The fourth-order valence-corrected chi connectivity index (χ4v) is 3.34. The lowest BCUT2D eigenvalue weighted by atomic mass is 10.0. The van der Waals surface area contributed by atoms with E-state index in [4.69, 9.17) is 4.74 Å². The Hall–Kier alpha value is -3.32. The Bertz CT molecular complexity index is 1120. The van der Waals surface area contributed by atoms with Crippen molar-refractivity contribution < 1.29 is 9.53 Å². The molecule has 0 aliphatic heterocycles. The minimum Gasteiger partial charge on any atom is -0.497 e. The van der Waals surface area contributed by atoms with Gasteiger partial charge >= 0.3 is 6.03 Å². The Morgan fingerprint density at radius 3 is 2.42 bits per heavy atom. The molecule has 1 aromatic heterocycles. The summed E-state index contributed by atoms with van der Waals surface area (Å²) in [7, 11) is 5.50. The van der Waals surface area contributed by atoms with Gasteiger partial charge in [0, 0.05) is 24.3 Å². The maximum absolute atomic E-state index is 13.0. The summed E-state index contributed by atoms with van der Waals surface area (Å²) >= 11 is 0. The van der Waals surface area contributed by atoms with E-state index in [1.54, 1.807) is 36.3 Å². The van der Waals surface area contributed by atoms with Crippen molar-refractivity contribution in [2.75, 3.05) is 39.6 Å². The molecule has 2 amide bonds. The maximum atomic E-state index is 13.0. The number of hydrogen-bond acceptors (Lipinski definition) is 4. The zero-order valence-electron chi connectivity index (χ0n) is 18.8. The van der Waals surface area contributed by atoms with Crippen molar-refractivity contribution in [3.8, 4) is 5.75 Å².